The van der Waals surface area contributed by atoms with Crippen LogP contribution in [0.3, 0.4) is 0 Å². The van der Waals surface area contributed by atoms with E-state index in [1.54, 1.807) is 6.07 Å². The zero-order chi connectivity index (χ0) is 29.3. The van der Waals surface area contributed by atoms with Gasteiger partial charge in [-0.3, -0.25) is 0 Å². The normalized spacial score (nSPS) is 11.5. The maximum absolute atomic E-state index is 14.9. The Bertz CT molecular complexity index is 2290. The van der Waals surface area contributed by atoms with Crippen molar-refractivity contribution in [2.45, 2.75) is 13.8 Å². The zero-order valence-corrected chi connectivity index (χ0v) is 23.3. The minimum Gasteiger partial charge on any atom is -0.450 e. The molecule has 0 atom stereocenters. The summed E-state index contributed by atoms with van der Waals surface area (Å²) in [5, 5.41) is 14.1. The fourth-order valence-electron chi connectivity index (χ4n) is 5.78. The fourth-order valence-corrected chi connectivity index (χ4v) is 5.78. The topological polar surface area (TPSA) is 65.0 Å². The van der Waals surface area contributed by atoms with Gasteiger partial charge in [-0.15, -0.1) is 0 Å². The summed E-state index contributed by atoms with van der Waals surface area (Å²) in [5.74, 6) is -2.75. The molecule has 0 saturated carbocycles. The maximum atomic E-state index is 14.9. The summed E-state index contributed by atoms with van der Waals surface area (Å²) >= 11 is 0. The number of aromatic nitrogens is 3. The van der Waals surface area contributed by atoms with Crippen LogP contribution in [0, 0.1) is 36.9 Å². The van der Waals surface area contributed by atoms with Crippen LogP contribution in [0.25, 0.3) is 43.6 Å². The summed E-state index contributed by atoms with van der Waals surface area (Å²) in [7, 11) is 3.90. The van der Waals surface area contributed by atoms with Crippen LogP contribution in [0.15, 0.2) is 72.8 Å². The van der Waals surface area contributed by atoms with Crippen LogP contribution in [-0.2, 0) is 14.1 Å². The lowest BCUT2D eigenvalue weighted by Gasteiger charge is -2.16. The SMILES string of the molecule is Cc1cc2c3ccccc3n(C)c2cc1Oc1nc(F)c(F)c(C#N)c1Oc1cc2c(cc1C)c1ccccc1n2C. The van der Waals surface area contributed by atoms with Crippen LogP contribution in [0.4, 0.5) is 8.78 Å². The molecule has 0 aliphatic carbocycles. The highest BCUT2D eigenvalue weighted by Gasteiger charge is 2.26. The Morgan fingerprint density at radius 3 is 1.71 bits per heavy atom. The summed E-state index contributed by atoms with van der Waals surface area (Å²) in [5.41, 5.74) is 4.72. The molecule has 0 bridgehead atoms. The van der Waals surface area contributed by atoms with E-state index in [0.717, 1.165) is 54.7 Å². The average Bonchev–Trinajstić information content (AvgIpc) is 3.42. The van der Waals surface area contributed by atoms with Gasteiger partial charge in [-0.1, -0.05) is 36.4 Å². The molecule has 6 nitrogen and oxygen atoms in total. The highest BCUT2D eigenvalue weighted by atomic mass is 19.2. The molecule has 7 rings (SSSR count). The molecule has 3 aromatic heterocycles. The molecule has 0 radical (unpaired) electrons. The van der Waals surface area contributed by atoms with E-state index in [1.807, 2.05) is 104 Å². The molecule has 0 spiro atoms. The Morgan fingerprint density at radius 2 is 1.19 bits per heavy atom. The average molecular weight is 559 g/mol. The first-order valence-electron chi connectivity index (χ1n) is 13.4. The van der Waals surface area contributed by atoms with Crippen molar-refractivity contribution in [2.24, 2.45) is 14.1 Å². The van der Waals surface area contributed by atoms with E-state index in [-0.39, 0.29) is 11.6 Å². The number of ether oxygens (including phenoxy) is 2. The van der Waals surface area contributed by atoms with E-state index >= 15 is 0 Å². The standard InChI is InChI=1S/C34H24F2N4O2/c1-18-13-22-20-9-5-7-11-25(20)39(3)27(22)15-29(18)41-32-24(17-37)31(35)33(36)38-34(32)42-30-16-28-23(14-19(30)2)21-10-6-8-12-26(21)40(28)4/h5-16H,1-4H3. The van der Waals surface area contributed by atoms with Crippen molar-refractivity contribution in [2.75, 3.05) is 0 Å². The number of para-hydroxylation sites is 2. The Kier molecular flexibility index (Phi) is 5.67. The van der Waals surface area contributed by atoms with Crippen LogP contribution < -0.4 is 9.47 Å². The molecule has 4 aromatic carbocycles. The molecular formula is C34H24F2N4O2. The van der Waals surface area contributed by atoms with Crippen molar-refractivity contribution in [3.63, 3.8) is 0 Å². The van der Waals surface area contributed by atoms with Crippen molar-refractivity contribution >= 4 is 43.6 Å². The summed E-state index contributed by atoms with van der Waals surface area (Å²) in [6, 6.07) is 25.4. The number of halogens is 2. The van der Waals surface area contributed by atoms with Crippen LogP contribution in [-0.4, -0.2) is 14.1 Å². The number of nitrogens with zero attached hydrogens (tertiary/aromatic N) is 4. The van der Waals surface area contributed by atoms with Crippen molar-refractivity contribution < 1.29 is 18.3 Å². The summed E-state index contributed by atoms with van der Waals surface area (Å²) in [6.07, 6.45) is 0. The molecule has 0 aliphatic heterocycles. The Hall–Kier alpha value is -5.42. The highest BCUT2D eigenvalue weighted by Crippen LogP contribution is 2.42. The molecule has 0 fully saturated rings. The van der Waals surface area contributed by atoms with Crippen molar-refractivity contribution in [1.82, 2.24) is 14.1 Å². The first-order valence-corrected chi connectivity index (χ1v) is 13.4. The van der Waals surface area contributed by atoms with Gasteiger partial charge in [0.1, 0.15) is 23.1 Å². The van der Waals surface area contributed by atoms with Gasteiger partial charge in [0.05, 0.1) is 11.0 Å². The number of hydrogen-bond donors (Lipinski definition) is 0. The van der Waals surface area contributed by atoms with Gasteiger partial charge < -0.3 is 18.6 Å². The Morgan fingerprint density at radius 1 is 0.690 bits per heavy atom. The van der Waals surface area contributed by atoms with E-state index in [1.165, 1.54) is 0 Å². The Labute approximate surface area is 239 Å². The predicted octanol–water partition coefficient (Wildman–Crippen LogP) is 8.72. The molecule has 7 aromatic rings. The van der Waals surface area contributed by atoms with Crippen LogP contribution >= 0.6 is 0 Å². The second kappa shape index (κ2) is 9.32. The molecule has 0 N–H and O–H groups in total. The van der Waals surface area contributed by atoms with E-state index in [4.69, 9.17) is 9.47 Å². The number of pyridine rings is 1. The van der Waals surface area contributed by atoms with Crippen molar-refractivity contribution in [3.8, 4) is 29.2 Å². The highest BCUT2D eigenvalue weighted by molar-refractivity contribution is 6.09. The second-order valence-electron chi connectivity index (χ2n) is 10.5. The molecule has 0 aliphatic rings. The van der Waals surface area contributed by atoms with E-state index in [2.05, 4.69) is 11.1 Å². The molecule has 0 unspecified atom stereocenters. The van der Waals surface area contributed by atoms with E-state index in [9.17, 15) is 14.0 Å². The molecule has 0 saturated heterocycles. The molecule has 3 heterocycles. The number of fused-ring (bicyclic) bond motifs is 6. The summed E-state index contributed by atoms with van der Waals surface area (Å²) in [4.78, 5) is 3.75. The first kappa shape index (κ1) is 25.5. The number of rotatable bonds is 4. The summed E-state index contributed by atoms with van der Waals surface area (Å²) in [6.45, 7) is 3.72. The van der Waals surface area contributed by atoms with Gasteiger partial charge in [0.25, 0.3) is 11.8 Å². The molecule has 42 heavy (non-hydrogen) atoms. The Balaban J connectivity index is 1.38. The third-order valence-electron chi connectivity index (χ3n) is 7.97. The minimum absolute atomic E-state index is 0.297. The van der Waals surface area contributed by atoms with Gasteiger partial charge in [0, 0.05) is 58.8 Å². The summed E-state index contributed by atoms with van der Waals surface area (Å²) < 4.78 is 46.0. The lowest BCUT2D eigenvalue weighted by atomic mass is 10.1. The van der Waals surface area contributed by atoms with Gasteiger partial charge >= 0.3 is 0 Å². The minimum atomic E-state index is -1.45. The number of aryl methyl sites for hydroxylation is 4. The van der Waals surface area contributed by atoms with E-state index < -0.39 is 17.3 Å². The van der Waals surface area contributed by atoms with Gasteiger partial charge in [0.15, 0.2) is 5.82 Å². The van der Waals surface area contributed by atoms with Crippen LogP contribution in [0.5, 0.6) is 23.1 Å². The van der Waals surface area contributed by atoms with Gasteiger partial charge in [-0.05, 0) is 49.2 Å². The van der Waals surface area contributed by atoms with Gasteiger partial charge in [0.2, 0.25) is 5.75 Å². The fraction of sp³-hybridized carbons (Fsp3) is 0.118. The molecule has 0 amide bonds. The smallest absolute Gasteiger partial charge is 0.267 e. The second-order valence-corrected chi connectivity index (χ2v) is 10.5. The molecular weight excluding hydrogens is 534 g/mol. The monoisotopic (exact) mass is 558 g/mol. The quantitative estimate of drug-likeness (QED) is 0.203. The van der Waals surface area contributed by atoms with Crippen molar-refractivity contribution in [1.29, 1.82) is 5.26 Å². The lowest BCUT2D eigenvalue weighted by molar-refractivity contribution is 0.374. The largest absolute Gasteiger partial charge is 0.450 e. The van der Waals surface area contributed by atoms with Gasteiger partial charge in [-0.2, -0.15) is 14.6 Å². The molecule has 8 heteroatoms. The van der Waals surface area contributed by atoms with Crippen LogP contribution in [0.1, 0.15) is 16.7 Å². The van der Waals surface area contributed by atoms with Crippen molar-refractivity contribution in [3.05, 3.63) is 101 Å². The van der Waals surface area contributed by atoms with E-state index in [0.29, 0.717) is 11.5 Å². The number of hydrogen-bond acceptors (Lipinski definition) is 4. The predicted molar refractivity (Wildman–Crippen MR) is 159 cm³/mol. The third-order valence-corrected chi connectivity index (χ3v) is 7.97. The maximum Gasteiger partial charge on any atom is 0.267 e. The number of nitriles is 1. The van der Waals surface area contributed by atoms with Crippen LogP contribution in [0.2, 0.25) is 0 Å². The van der Waals surface area contributed by atoms with Gasteiger partial charge in [-0.25, -0.2) is 4.39 Å². The first-order chi connectivity index (χ1) is 20.3. The molecule has 206 valence electrons. The zero-order valence-electron chi connectivity index (χ0n) is 23.3. The number of benzene rings is 4. The lowest BCUT2D eigenvalue weighted by Crippen LogP contribution is -2.04. The third kappa shape index (κ3) is 3.71.